The van der Waals surface area contributed by atoms with Crippen molar-refractivity contribution in [2.75, 3.05) is 0 Å². The van der Waals surface area contributed by atoms with Crippen molar-refractivity contribution in [3.8, 4) is 0 Å². The second kappa shape index (κ2) is 5.38. The summed E-state index contributed by atoms with van der Waals surface area (Å²) in [5.74, 6) is 0.277. The van der Waals surface area contributed by atoms with Gasteiger partial charge in [0, 0.05) is 11.5 Å². The third-order valence-electron chi connectivity index (χ3n) is 4.75. The smallest absolute Gasteiger partial charge is 0.226 e. The van der Waals surface area contributed by atoms with E-state index in [0.29, 0.717) is 6.04 Å². The average molecular weight is 239 g/mol. The second-order valence-electron chi connectivity index (χ2n) is 5.82. The fourth-order valence-corrected chi connectivity index (χ4v) is 3.35. The highest BCUT2D eigenvalue weighted by Gasteiger charge is 2.40. The van der Waals surface area contributed by atoms with E-state index in [9.17, 15) is 9.90 Å². The summed E-state index contributed by atoms with van der Waals surface area (Å²) in [6, 6.07) is 0.301. The van der Waals surface area contributed by atoms with E-state index in [1.807, 2.05) is 0 Å². The van der Waals surface area contributed by atoms with E-state index in [1.54, 1.807) is 0 Å². The summed E-state index contributed by atoms with van der Waals surface area (Å²) in [5, 5.41) is 12.7. The average Bonchev–Trinajstić information content (AvgIpc) is 2.82. The van der Waals surface area contributed by atoms with Crippen LogP contribution in [0.15, 0.2) is 0 Å². The molecule has 0 saturated heterocycles. The van der Waals surface area contributed by atoms with Crippen molar-refractivity contribution in [1.29, 1.82) is 0 Å². The highest BCUT2D eigenvalue weighted by atomic mass is 16.3. The van der Waals surface area contributed by atoms with Crippen molar-refractivity contribution in [2.45, 2.75) is 76.9 Å². The molecule has 98 valence electrons. The molecule has 2 aliphatic rings. The van der Waals surface area contributed by atoms with Gasteiger partial charge in [0.15, 0.2) is 0 Å². The van der Waals surface area contributed by atoms with Gasteiger partial charge in [-0.3, -0.25) is 4.79 Å². The van der Waals surface area contributed by atoms with Gasteiger partial charge < -0.3 is 10.4 Å². The Morgan fingerprint density at radius 2 is 1.82 bits per heavy atom. The van der Waals surface area contributed by atoms with Crippen molar-refractivity contribution in [2.24, 2.45) is 5.41 Å². The zero-order valence-corrected chi connectivity index (χ0v) is 10.9. The number of nitrogens with one attached hydrogen (secondary N) is 1. The molecule has 0 aliphatic heterocycles. The fraction of sp³-hybridized carbons (Fsp3) is 0.929. The molecule has 2 rings (SSSR count). The van der Waals surface area contributed by atoms with E-state index >= 15 is 0 Å². The Hall–Kier alpha value is -0.570. The zero-order valence-electron chi connectivity index (χ0n) is 10.9. The first-order valence-corrected chi connectivity index (χ1v) is 7.15. The van der Waals surface area contributed by atoms with Gasteiger partial charge in [-0.1, -0.05) is 19.8 Å². The molecule has 17 heavy (non-hydrogen) atoms. The minimum atomic E-state index is -0.144. The topological polar surface area (TPSA) is 49.3 Å². The maximum Gasteiger partial charge on any atom is 0.226 e. The Bertz CT molecular complexity index is 263. The lowest BCUT2D eigenvalue weighted by Crippen LogP contribution is -2.45. The highest BCUT2D eigenvalue weighted by molar-refractivity contribution is 5.83. The summed E-state index contributed by atoms with van der Waals surface area (Å²) in [4.78, 5) is 12.4. The summed E-state index contributed by atoms with van der Waals surface area (Å²) < 4.78 is 0. The quantitative estimate of drug-likeness (QED) is 0.794. The molecule has 0 heterocycles. The van der Waals surface area contributed by atoms with Crippen LogP contribution in [0.5, 0.6) is 0 Å². The summed E-state index contributed by atoms with van der Waals surface area (Å²) >= 11 is 0. The van der Waals surface area contributed by atoms with E-state index in [0.717, 1.165) is 44.9 Å². The number of aliphatic hydroxyl groups is 1. The van der Waals surface area contributed by atoms with Gasteiger partial charge in [0.1, 0.15) is 0 Å². The lowest BCUT2D eigenvalue weighted by atomic mass is 9.81. The van der Waals surface area contributed by atoms with Crippen LogP contribution in [0, 0.1) is 5.41 Å². The van der Waals surface area contributed by atoms with E-state index in [1.165, 1.54) is 12.8 Å². The lowest BCUT2D eigenvalue weighted by Gasteiger charge is -2.32. The number of carbonyl (C=O) groups excluding carboxylic acids is 1. The van der Waals surface area contributed by atoms with Crippen LogP contribution in [0.25, 0.3) is 0 Å². The van der Waals surface area contributed by atoms with Crippen molar-refractivity contribution >= 4 is 5.91 Å². The van der Waals surface area contributed by atoms with Gasteiger partial charge in [-0.25, -0.2) is 0 Å². The third kappa shape index (κ3) is 2.82. The van der Waals surface area contributed by atoms with Gasteiger partial charge in [0.25, 0.3) is 0 Å². The largest absolute Gasteiger partial charge is 0.393 e. The van der Waals surface area contributed by atoms with Crippen LogP contribution in [0.2, 0.25) is 0 Å². The van der Waals surface area contributed by atoms with E-state index in [2.05, 4.69) is 12.2 Å². The summed E-state index contributed by atoms with van der Waals surface area (Å²) in [6.45, 7) is 2.13. The van der Waals surface area contributed by atoms with Crippen LogP contribution < -0.4 is 5.32 Å². The number of hydrogen-bond donors (Lipinski definition) is 2. The van der Waals surface area contributed by atoms with Gasteiger partial charge in [-0.15, -0.1) is 0 Å². The highest BCUT2D eigenvalue weighted by Crippen LogP contribution is 2.41. The molecule has 3 heteroatoms. The van der Waals surface area contributed by atoms with Crippen LogP contribution in [-0.4, -0.2) is 23.2 Å². The van der Waals surface area contributed by atoms with Gasteiger partial charge >= 0.3 is 0 Å². The SMILES string of the molecule is CCC1(C(=O)NC2CCC(O)CC2)CCCC1. The normalized spacial score (nSPS) is 32.4. The summed E-state index contributed by atoms with van der Waals surface area (Å²) in [6.07, 6.45) is 8.89. The maximum absolute atomic E-state index is 12.4. The van der Waals surface area contributed by atoms with E-state index < -0.39 is 0 Å². The molecule has 2 saturated carbocycles. The predicted molar refractivity (Wildman–Crippen MR) is 67.6 cm³/mol. The van der Waals surface area contributed by atoms with Crippen molar-refractivity contribution < 1.29 is 9.90 Å². The molecule has 0 radical (unpaired) electrons. The molecule has 1 amide bonds. The molecule has 0 aromatic heterocycles. The van der Waals surface area contributed by atoms with Crippen molar-refractivity contribution in [1.82, 2.24) is 5.32 Å². The first-order chi connectivity index (χ1) is 8.16. The Morgan fingerprint density at radius 1 is 1.24 bits per heavy atom. The minimum Gasteiger partial charge on any atom is -0.393 e. The molecule has 2 aliphatic carbocycles. The molecule has 0 aromatic rings. The molecule has 3 nitrogen and oxygen atoms in total. The maximum atomic E-state index is 12.4. The van der Waals surface area contributed by atoms with Crippen molar-refractivity contribution in [3.05, 3.63) is 0 Å². The Morgan fingerprint density at radius 3 is 2.35 bits per heavy atom. The number of aliphatic hydroxyl groups excluding tert-OH is 1. The predicted octanol–water partition coefficient (Wildman–Crippen LogP) is 2.38. The molecule has 2 fully saturated rings. The second-order valence-corrected chi connectivity index (χ2v) is 5.82. The summed E-state index contributed by atoms with van der Waals surface area (Å²) in [7, 11) is 0. The number of carbonyl (C=O) groups is 1. The molecular weight excluding hydrogens is 214 g/mol. The first-order valence-electron chi connectivity index (χ1n) is 7.15. The Balaban J connectivity index is 1.87. The van der Waals surface area contributed by atoms with Crippen LogP contribution in [-0.2, 0) is 4.79 Å². The monoisotopic (exact) mass is 239 g/mol. The van der Waals surface area contributed by atoms with Gasteiger partial charge in [-0.2, -0.15) is 0 Å². The first kappa shape index (κ1) is 12.9. The van der Waals surface area contributed by atoms with Crippen LogP contribution in [0.3, 0.4) is 0 Å². The lowest BCUT2D eigenvalue weighted by molar-refractivity contribution is -0.132. The zero-order chi connectivity index (χ0) is 12.3. The van der Waals surface area contributed by atoms with Crippen LogP contribution >= 0.6 is 0 Å². The Kier molecular flexibility index (Phi) is 4.08. The molecule has 0 atom stereocenters. The molecule has 0 aromatic carbocycles. The molecule has 2 N–H and O–H groups in total. The van der Waals surface area contributed by atoms with Gasteiger partial charge in [-0.05, 0) is 44.9 Å². The minimum absolute atomic E-state index is 0.0733. The van der Waals surface area contributed by atoms with Gasteiger partial charge in [0.05, 0.1) is 6.10 Å². The van der Waals surface area contributed by atoms with Gasteiger partial charge in [0.2, 0.25) is 5.91 Å². The summed E-state index contributed by atoms with van der Waals surface area (Å²) in [5.41, 5.74) is -0.0733. The molecule has 0 spiro atoms. The molecule has 0 unspecified atom stereocenters. The number of amides is 1. The van der Waals surface area contributed by atoms with E-state index in [4.69, 9.17) is 0 Å². The van der Waals surface area contributed by atoms with E-state index in [-0.39, 0.29) is 17.4 Å². The fourth-order valence-electron chi connectivity index (χ4n) is 3.35. The standard InChI is InChI=1S/C14H25NO2/c1-2-14(9-3-4-10-14)13(17)15-11-5-7-12(16)8-6-11/h11-12,16H,2-10H2,1H3,(H,15,17). The van der Waals surface area contributed by atoms with Crippen LogP contribution in [0.4, 0.5) is 0 Å². The number of hydrogen-bond acceptors (Lipinski definition) is 2. The molecule has 0 bridgehead atoms. The van der Waals surface area contributed by atoms with Crippen molar-refractivity contribution in [3.63, 3.8) is 0 Å². The third-order valence-corrected chi connectivity index (χ3v) is 4.75. The van der Waals surface area contributed by atoms with Crippen LogP contribution in [0.1, 0.15) is 64.7 Å². The Labute approximate surface area is 104 Å². The number of rotatable bonds is 3. The molecular formula is C14H25NO2.